The van der Waals surface area contributed by atoms with Crippen molar-refractivity contribution in [2.45, 2.75) is 13.0 Å². The molecule has 19 heavy (non-hydrogen) atoms. The van der Waals surface area contributed by atoms with E-state index in [1.54, 1.807) is 16.9 Å². The second-order valence-electron chi connectivity index (χ2n) is 4.23. The Morgan fingerprint density at radius 3 is 2.79 bits per heavy atom. The van der Waals surface area contributed by atoms with E-state index in [-0.39, 0.29) is 0 Å². The Morgan fingerprint density at radius 1 is 1.37 bits per heavy atom. The largest absolute Gasteiger partial charge is 0.487 e. The van der Waals surface area contributed by atoms with E-state index >= 15 is 0 Å². The standard InChI is InChI=1S/C13H15Cl2N3O/c1-18-7-9(6-17-18)8-19-13-10(2-3-16)4-11(14)5-12(13)15/h4-7H,2-3,8,16H2,1H3. The van der Waals surface area contributed by atoms with Gasteiger partial charge in [0.25, 0.3) is 0 Å². The fourth-order valence-electron chi connectivity index (χ4n) is 1.82. The zero-order valence-corrected chi connectivity index (χ0v) is 12.1. The van der Waals surface area contributed by atoms with Gasteiger partial charge < -0.3 is 10.5 Å². The lowest BCUT2D eigenvalue weighted by molar-refractivity contribution is 0.303. The molecule has 6 heteroatoms. The van der Waals surface area contributed by atoms with Gasteiger partial charge in [-0.25, -0.2) is 0 Å². The van der Waals surface area contributed by atoms with Crippen LogP contribution in [0.2, 0.25) is 10.0 Å². The van der Waals surface area contributed by atoms with Gasteiger partial charge in [-0.05, 0) is 30.7 Å². The summed E-state index contributed by atoms with van der Waals surface area (Å²) in [5, 5.41) is 5.17. The zero-order valence-electron chi connectivity index (χ0n) is 10.6. The number of rotatable bonds is 5. The summed E-state index contributed by atoms with van der Waals surface area (Å²) in [4.78, 5) is 0. The Labute approximate surface area is 122 Å². The van der Waals surface area contributed by atoms with Crippen molar-refractivity contribution < 1.29 is 4.74 Å². The second-order valence-corrected chi connectivity index (χ2v) is 5.07. The van der Waals surface area contributed by atoms with E-state index < -0.39 is 0 Å². The van der Waals surface area contributed by atoms with E-state index in [1.807, 2.05) is 19.3 Å². The van der Waals surface area contributed by atoms with Crippen LogP contribution in [0.15, 0.2) is 24.5 Å². The summed E-state index contributed by atoms with van der Waals surface area (Å²) in [5.41, 5.74) is 7.48. The number of aryl methyl sites for hydroxylation is 1. The lowest BCUT2D eigenvalue weighted by atomic mass is 10.1. The summed E-state index contributed by atoms with van der Waals surface area (Å²) in [7, 11) is 1.86. The van der Waals surface area contributed by atoms with Crippen LogP contribution in [0, 0.1) is 0 Å². The smallest absolute Gasteiger partial charge is 0.141 e. The number of aromatic nitrogens is 2. The lowest BCUT2D eigenvalue weighted by Crippen LogP contribution is -2.06. The minimum absolute atomic E-state index is 0.409. The maximum atomic E-state index is 6.17. The molecule has 2 N–H and O–H groups in total. The molecule has 4 nitrogen and oxygen atoms in total. The average molecular weight is 300 g/mol. The van der Waals surface area contributed by atoms with Crippen LogP contribution < -0.4 is 10.5 Å². The third-order valence-electron chi connectivity index (χ3n) is 2.64. The normalized spacial score (nSPS) is 10.7. The number of hydrogen-bond acceptors (Lipinski definition) is 3. The van der Waals surface area contributed by atoms with Crippen molar-refractivity contribution in [3.8, 4) is 5.75 Å². The topological polar surface area (TPSA) is 53.1 Å². The first-order valence-corrected chi connectivity index (χ1v) is 6.64. The number of halogens is 2. The molecule has 0 unspecified atom stereocenters. The quantitative estimate of drug-likeness (QED) is 0.924. The van der Waals surface area contributed by atoms with E-state index in [0.29, 0.717) is 35.4 Å². The Morgan fingerprint density at radius 2 is 2.16 bits per heavy atom. The van der Waals surface area contributed by atoms with Crippen LogP contribution in [0.5, 0.6) is 5.75 Å². The van der Waals surface area contributed by atoms with Crippen LogP contribution in [0.3, 0.4) is 0 Å². The summed E-state index contributed by atoms with van der Waals surface area (Å²) in [6.45, 7) is 0.923. The van der Waals surface area contributed by atoms with Crippen LogP contribution in [0.1, 0.15) is 11.1 Å². The highest BCUT2D eigenvalue weighted by molar-refractivity contribution is 6.35. The van der Waals surface area contributed by atoms with E-state index in [0.717, 1.165) is 11.1 Å². The van der Waals surface area contributed by atoms with Gasteiger partial charge in [0.05, 0.1) is 11.2 Å². The summed E-state index contributed by atoms with van der Waals surface area (Å²) in [6, 6.07) is 3.50. The molecule has 0 aliphatic carbocycles. The molecule has 0 amide bonds. The summed E-state index contributed by atoms with van der Waals surface area (Å²) >= 11 is 12.2. The predicted octanol–water partition coefficient (Wildman–Crippen LogP) is 2.81. The molecule has 102 valence electrons. The molecule has 2 aromatic rings. The molecule has 1 aromatic carbocycles. The lowest BCUT2D eigenvalue weighted by Gasteiger charge is -2.12. The molecular weight excluding hydrogens is 285 g/mol. The molecule has 0 atom stereocenters. The van der Waals surface area contributed by atoms with E-state index in [1.165, 1.54) is 0 Å². The maximum Gasteiger partial charge on any atom is 0.141 e. The molecule has 0 aliphatic rings. The molecule has 0 bridgehead atoms. The van der Waals surface area contributed by atoms with Crippen molar-refractivity contribution in [3.05, 3.63) is 45.7 Å². The summed E-state index contributed by atoms with van der Waals surface area (Å²) in [5.74, 6) is 0.639. The molecule has 1 heterocycles. The van der Waals surface area contributed by atoms with Gasteiger partial charge >= 0.3 is 0 Å². The van der Waals surface area contributed by atoms with Crippen molar-refractivity contribution in [1.82, 2.24) is 9.78 Å². The summed E-state index contributed by atoms with van der Waals surface area (Å²) in [6.07, 6.45) is 4.32. The second kappa shape index (κ2) is 6.28. The van der Waals surface area contributed by atoms with Gasteiger partial charge in [0.1, 0.15) is 12.4 Å². The van der Waals surface area contributed by atoms with Crippen LogP contribution in [-0.4, -0.2) is 16.3 Å². The monoisotopic (exact) mass is 299 g/mol. The highest BCUT2D eigenvalue weighted by Gasteiger charge is 2.11. The van der Waals surface area contributed by atoms with Crippen LogP contribution in [0.4, 0.5) is 0 Å². The Bertz CT molecular complexity index is 569. The van der Waals surface area contributed by atoms with Crippen LogP contribution in [0.25, 0.3) is 0 Å². The zero-order chi connectivity index (χ0) is 13.8. The molecule has 2 rings (SSSR count). The number of ether oxygens (including phenoxy) is 1. The minimum atomic E-state index is 0.409. The highest BCUT2D eigenvalue weighted by Crippen LogP contribution is 2.33. The van der Waals surface area contributed by atoms with Gasteiger partial charge in [-0.2, -0.15) is 5.10 Å². The van der Waals surface area contributed by atoms with Gasteiger partial charge in [-0.1, -0.05) is 23.2 Å². The van der Waals surface area contributed by atoms with Crippen LogP contribution in [-0.2, 0) is 20.1 Å². The third-order valence-corrected chi connectivity index (χ3v) is 3.14. The fourth-order valence-corrected chi connectivity index (χ4v) is 2.41. The predicted molar refractivity (Wildman–Crippen MR) is 76.8 cm³/mol. The molecule has 0 spiro atoms. The molecule has 0 radical (unpaired) electrons. The molecule has 0 saturated carbocycles. The fraction of sp³-hybridized carbons (Fsp3) is 0.308. The Kier molecular flexibility index (Phi) is 4.69. The van der Waals surface area contributed by atoms with Gasteiger partial charge in [0, 0.05) is 23.8 Å². The van der Waals surface area contributed by atoms with Crippen LogP contribution >= 0.6 is 23.2 Å². The highest BCUT2D eigenvalue weighted by atomic mass is 35.5. The van der Waals surface area contributed by atoms with E-state index in [2.05, 4.69) is 5.10 Å². The van der Waals surface area contributed by atoms with Crippen molar-refractivity contribution in [2.75, 3.05) is 6.54 Å². The molecule has 1 aromatic heterocycles. The minimum Gasteiger partial charge on any atom is -0.487 e. The molecular formula is C13H15Cl2N3O. The van der Waals surface area contributed by atoms with Gasteiger partial charge in [0.2, 0.25) is 0 Å². The van der Waals surface area contributed by atoms with E-state index in [4.69, 9.17) is 33.7 Å². The van der Waals surface area contributed by atoms with E-state index in [9.17, 15) is 0 Å². The Hall–Kier alpha value is -1.23. The SMILES string of the molecule is Cn1cc(COc2c(Cl)cc(Cl)cc2CCN)cn1. The Balaban J connectivity index is 2.18. The molecule has 0 fully saturated rings. The average Bonchev–Trinajstić information content (AvgIpc) is 2.74. The van der Waals surface area contributed by atoms with Crippen molar-refractivity contribution in [2.24, 2.45) is 12.8 Å². The molecule has 0 saturated heterocycles. The number of nitrogens with two attached hydrogens (primary N) is 1. The first-order chi connectivity index (χ1) is 9.10. The first kappa shape index (κ1) is 14.2. The van der Waals surface area contributed by atoms with Crippen molar-refractivity contribution >= 4 is 23.2 Å². The molecule has 0 aliphatic heterocycles. The van der Waals surface area contributed by atoms with Gasteiger partial charge in [-0.15, -0.1) is 0 Å². The third kappa shape index (κ3) is 3.62. The van der Waals surface area contributed by atoms with Crippen molar-refractivity contribution in [3.63, 3.8) is 0 Å². The maximum absolute atomic E-state index is 6.17. The first-order valence-electron chi connectivity index (χ1n) is 5.88. The number of nitrogens with zero attached hydrogens (tertiary/aromatic N) is 2. The van der Waals surface area contributed by atoms with Gasteiger partial charge in [0.15, 0.2) is 0 Å². The number of hydrogen-bond donors (Lipinski definition) is 1. The number of benzene rings is 1. The van der Waals surface area contributed by atoms with Crippen molar-refractivity contribution in [1.29, 1.82) is 0 Å². The summed E-state index contributed by atoms with van der Waals surface area (Å²) < 4.78 is 7.50. The van der Waals surface area contributed by atoms with Gasteiger partial charge in [-0.3, -0.25) is 4.68 Å².